The predicted octanol–water partition coefficient (Wildman–Crippen LogP) is 2.02. The fourth-order valence-corrected chi connectivity index (χ4v) is 4.88. The summed E-state index contributed by atoms with van der Waals surface area (Å²) in [5.41, 5.74) is 9.29. The molecule has 1 amide bonds. The Kier molecular flexibility index (Phi) is 4.16. The summed E-state index contributed by atoms with van der Waals surface area (Å²) >= 11 is 0. The largest absolute Gasteiger partial charge is 0.381 e. The highest BCUT2D eigenvalue weighted by atomic mass is 16.1. The number of hydrogen-bond acceptors (Lipinski definition) is 7. The van der Waals surface area contributed by atoms with E-state index in [-0.39, 0.29) is 6.04 Å². The van der Waals surface area contributed by atoms with Gasteiger partial charge in [-0.2, -0.15) is 5.26 Å². The molecular weight excluding hydrogens is 366 g/mol. The second kappa shape index (κ2) is 6.85. The molecule has 8 heteroatoms. The van der Waals surface area contributed by atoms with Crippen LogP contribution in [0.2, 0.25) is 0 Å². The van der Waals surface area contributed by atoms with Crippen LogP contribution in [-0.2, 0) is 6.42 Å². The van der Waals surface area contributed by atoms with Crippen molar-refractivity contribution in [2.45, 2.75) is 50.2 Å². The van der Waals surface area contributed by atoms with Gasteiger partial charge in [-0.1, -0.05) is 12.2 Å². The first-order valence-electron chi connectivity index (χ1n) is 9.89. The zero-order valence-corrected chi connectivity index (χ0v) is 15.9. The number of fused-ring (bicyclic) bond motifs is 3. The van der Waals surface area contributed by atoms with Crippen molar-refractivity contribution >= 4 is 23.6 Å². The lowest BCUT2D eigenvalue weighted by atomic mass is 9.96. The van der Waals surface area contributed by atoms with E-state index in [0.29, 0.717) is 29.2 Å². The van der Waals surface area contributed by atoms with E-state index in [1.165, 1.54) is 0 Å². The molecule has 4 heterocycles. The van der Waals surface area contributed by atoms with E-state index in [1.807, 2.05) is 6.08 Å². The van der Waals surface area contributed by atoms with Crippen LogP contribution in [0.3, 0.4) is 0 Å². The fourth-order valence-electron chi connectivity index (χ4n) is 4.88. The average molecular weight is 387 g/mol. The monoisotopic (exact) mass is 387 g/mol. The molecule has 5 rings (SSSR count). The Hall–Kier alpha value is -3.47. The molecule has 0 radical (unpaired) electrons. The summed E-state index contributed by atoms with van der Waals surface area (Å²) in [5.74, 6) is 0.231. The molecule has 0 aromatic carbocycles. The lowest BCUT2D eigenvalue weighted by Crippen LogP contribution is -2.48. The molecule has 2 fully saturated rings. The number of hydrogen-bond donors (Lipinski definition) is 2. The van der Waals surface area contributed by atoms with Gasteiger partial charge in [0.25, 0.3) is 5.91 Å². The molecule has 2 aromatic rings. The molecule has 0 saturated carbocycles. The minimum absolute atomic E-state index is 0.237. The number of nitrogens with one attached hydrogen (secondary N) is 1. The Balaban J connectivity index is 1.39. The number of allylic oxidation sites excluding steroid dienone is 1. The second-order valence-electron chi connectivity index (χ2n) is 7.87. The molecule has 2 bridgehead atoms. The molecule has 3 aliphatic rings. The zero-order chi connectivity index (χ0) is 20.0. The maximum Gasteiger partial charge on any atom is 0.252 e. The van der Waals surface area contributed by atoms with Crippen LogP contribution in [0.4, 0.5) is 11.6 Å². The summed E-state index contributed by atoms with van der Waals surface area (Å²) in [6.07, 6.45) is 13.6. The van der Waals surface area contributed by atoms with Gasteiger partial charge in [-0.05, 0) is 25.7 Å². The predicted molar refractivity (Wildman–Crippen MR) is 108 cm³/mol. The maximum absolute atomic E-state index is 12.0. The van der Waals surface area contributed by atoms with Crippen LogP contribution in [-0.4, -0.2) is 39.0 Å². The fraction of sp³-hybridized carbons (Fsp3) is 0.381. The molecule has 2 saturated heterocycles. The van der Waals surface area contributed by atoms with Gasteiger partial charge in [0.2, 0.25) is 5.95 Å². The molecule has 2 aromatic heterocycles. The number of amides is 1. The van der Waals surface area contributed by atoms with Crippen molar-refractivity contribution in [3.63, 3.8) is 0 Å². The van der Waals surface area contributed by atoms with Crippen LogP contribution in [0.5, 0.6) is 0 Å². The lowest BCUT2D eigenvalue weighted by Gasteiger charge is -2.39. The summed E-state index contributed by atoms with van der Waals surface area (Å²) in [6.45, 7) is 0. The summed E-state index contributed by atoms with van der Waals surface area (Å²) in [4.78, 5) is 27.5. The van der Waals surface area contributed by atoms with Crippen molar-refractivity contribution in [2.24, 2.45) is 5.73 Å². The Morgan fingerprint density at radius 3 is 2.55 bits per heavy atom. The molecule has 8 nitrogen and oxygen atoms in total. The Labute approximate surface area is 168 Å². The Morgan fingerprint density at radius 1 is 1.17 bits per heavy atom. The number of carbonyl (C=O) groups is 1. The number of nitrogens with zero attached hydrogens (tertiary/aromatic N) is 5. The average Bonchev–Trinajstić information content (AvgIpc) is 3.31. The number of primary amides is 1. The van der Waals surface area contributed by atoms with E-state index in [1.54, 1.807) is 18.6 Å². The number of piperidine rings is 1. The topological polar surface area (TPSA) is 121 Å². The first-order chi connectivity index (χ1) is 14.1. The molecule has 3 atom stereocenters. The van der Waals surface area contributed by atoms with Gasteiger partial charge in [-0.3, -0.25) is 9.78 Å². The standard InChI is InChI=1S/C21H21N7O/c22-8-12-9-25-21(26-10-12)28-14-4-5-15(28)7-13(6-14)27-19-16-2-1-3-18(16)24-11-17(19)20(23)29/h1-2,9-11,13-15H,3-7H2,(H2,23,29)(H,24,27)/t13?,14-,15+. The third-order valence-corrected chi connectivity index (χ3v) is 6.14. The van der Waals surface area contributed by atoms with E-state index < -0.39 is 5.91 Å². The first kappa shape index (κ1) is 17.6. The van der Waals surface area contributed by atoms with Crippen molar-refractivity contribution in [3.05, 3.63) is 47.1 Å². The van der Waals surface area contributed by atoms with Crippen LogP contribution in [0.1, 0.15) is 52.9 Å². The van der Waals surface area contributed by atoms with Crippen molar-refractivity contribution in [2.75, 3.05) is 10.2 Å². The third-order valence-electron chi connectivity index (χ3n) is 6.14. The van der Waals surface area contributed by atoms with Gasteiger partial charge >= 0.3 is 0 Å². The number of rotatable bonds is 4. The van der Waals surface area contributed by atoms with E-state index >= 15 is 0 Å². The number of pyridine rings is 1. The highest BCUT2D eigenvalue weighted by molar-refractivity contribution is 6.00. The molecular formula is C21H21N7O. The minimum Gasteiger partial charge on any atom is -0.381 e. The molecule has 29 heavy (non-hydrogen) atoms. The summed E-state index contributed by atoms with van der Waals surface area (Å²) in [6, 6.07) is 2.97. The minimum atomic E-state index is -0.463. The summed E-state index contributed by atoms with van der Waals surface area (Å²) in [5, 5.41) is 12.6. The number of nitriles is 1. The van der Waals surface area contributed by atoms with E-state index in [0.717, 1.165) is 49.0 Å². The Morgan fingerprint density at radius 2 is 1.90 bits per heavy atom. The van der Waals surface area contributed by atoms with Crippen LogP contribution in [0.15, 0.2) is 24.7 Å². The van der Waals surface area contributed by atoms with Gasteiger partial charge in [-0.15, -0.1) is 0 Å². The van der Waals surface area contributed by atoms with Crippen molar-refractivity contribution in [1.82, 2.24) is 15.0 Å². The Bertz CT molecular complexity index is 1030. The van der Waals surface area contributed by atoms with E-state index in [2.05, 4.69) is 37.3 Å². The van der Waals surface area contributed by atoms with Gasteiger partial charge in [-0.25, -0.2) is 9.97 Å². The van der Waals surface area contributed by atoms with Gasteiger partial charge < -0.3 is 16.0 Å². The second-order valence-corrected chi connectivity index (χ2v) is 7.87. The number of aromatic nitrogens is 3. The molecule has 146 valence electrons. The van der Waals surface area contributed by atoms with E-state index in [4.69, 9.17) is 11.0 Å². The van der Waals surface area contributed by atoms with Crippen LogP contribution in [0.25, 0.3) is 6.08 Å². The van der Waals surface area contributed by atoms with Gasteiger partial charge in [0, 0.05) is 36.3 Å². The van der Waals surface area contributed by atoms with Crippen molar-refractivity contribution < 1.29 is 4.79 Å². The molecule has 3 N–H and O–H groups in total. The van der Waals surface area contributed by atoms with Crippen LogP contribution in [0, 0.1) is 11.3 Å². The molecule has 1 aliphatic carbocycles. The normalized spacial score (nSPS) is 24.2. The third kappa shape index (κ3) is 2.99. The molecule has 0 spiro atoms. The molecule has 2 aliphatic heterocycles. The molecule has 1 unspecified atom stereocenters. The van der Waals surface area contributed by atoms with Gasteiger partial charge in [0.15, 0.2) is 0 Å². The summed E-state index contributed by atoms with van der Waals surface area (Å²) in [7, 11) is 0. The quantitative estimate of drug-likeness (QED) is 0.823. The van der Waals surface area contributed by atoms with E-state index in [9.17, 15) is 4.79 Å². The highest BCUT2D eigenvalue weighted by Crippen LogP contribution is 2.40. The van der Waals surface area contributed by atoms with Crippen molar-refractivity contribution in [3.8, 4) is 6.07 Å². The number of carbonyl (C=O) groups excluding carboxylic acids is 1. The van der Waals surface area contributed by atoms with Gasteiger partial charge in [0.1, 0.15) is 6.07 Å². The van der Waals surface area contributed by atoms with Gasteiger partial charge in [0.05, 0.1) is 34.9 Å². The lowest BCUT2D eigenvalue weighted by molar-refractivity contribution is 0.100. The smallest absolute Gasteiger partial charge is 0.252 e. The number of nitrogens with two attached hydrogens (primary N) is 1. The number of anilines is 2. The zero-order valence-electron chi connectivity index (χ0n) is 15.9. The summed E-state index contributed by atoms with van der Waals surface area (Å²) < 4.78 is 0. The highest BCUT2D eigenvalue weighted by Gasteiger charge is 2.42. The van der Waals surface area contributed by atoms with Crippen LogP contribution < -0.4 is 16.0 Å². The SMILES string of the molecule is N#Cc1cnc(N2[C@@H]3CC[C@H]2CC(Nc2c(C(N)=O)cnc4c2C=CC4)C3)nc1. The first-order valence-corrected chi connectivity index (χ1v) is 9.89. The maximum atomic E-state index is 12.0. The van der Waals surface area contributed by atoms with Crippen LogP contribution >= 0.6 is 0 Å². The van der Waals surface area contributed by atoms with Crippen molar-refractivity contribution in [1.29, 1.82) is 5.26 Å².